The molecule has 2 aliphatic heterocycles. The number of nitrogens with zero attached hydrogens (tertiary/aromatic N) is 3. The molecule has 11 heteroatoms. The summed E-state index contributed by atoms with van der Waals surface area (Å²) in [5, 5.41) is 0. The van der Waals surface area contributed by atoms with Gasteiger partial charge in [0.2, 0.25) is 11.8 Å². The molecule has 1 aromatic heterocycles. The number of thiophene rings is 1. The van der Waals surface area contributed by atoms with E-state index in [4.69, 9.17) is 16.3 Å². The van der Waals surface area contributed by atoms with Crippen molar-refractivity contribution in [1.29, 1.82) is 0 Å². The second-order valence-electron chi connectivity index (χ2n) is 7.87. The van der Waals surface area contributed by atoms with E-state index < -0.39 is 15.9 Å². The van der Waals surface area contributed by atoms with Gasteiger partial charge in [-0.3, -0.25) is 9.59 Å². The molecule has 3 heterocycles. The van der Waals surface area contributed by atoms with Gasteiger partial charge in [0.15, 0.2) is 0 Å². The van der Waals surface area contributed by atoms with E-state index >= 15 is 0 Å². The summed E-state index contributed by atoms with van der Waals surface area (Å²) in [5.74, 6) is -0.122. The third kappa shape index (κ3) is 4.36. The smallest absolute Gasteiger partial charge is 0.252 e. The minimum Gasteiger partial charge on any atom is -0.495 e. The summed E-state index contributed by atoms with van der Waals surface area (Å²) in [7, 11) is -2.07. The van der Waals surface area contributed by atoms with Crippen LogP contribution in [0.4, 0.5) is 5.69 Å². The van der Waals surface area contributed by atoms with Gasteiger partial charge in [0, 0.05) is 39.1 Å². The first-order valence-corrected chi connectivity index (χ1v) is 12.8. The predicted molar refractivity (Wildman–Crippen MR) is 123 cm³/mol. The van der Waals surface area contributed by atoms with Gasteiger partial charge in [-0.05, 0) is 36.8 Å². The summed E-state index contributed by atoms with van der Waals surface area (Å²) in [6, 6.07) is 8.66. The SMILES string of the molecule is COc1ccc(C)cc1N1CC(C(=O)N2CCN(S(=O)(=O)c3ccc(Cl)s3)CC2)CC1=O. The molecule has 2 fully saturated rings. The highest BCUT2D eigenvalue weighted by atomic mass is 35.5. The van der Waals surface area contributed by atoms with Gasteiger partial charge in [-0.2, -0.15) is 4.31 Å². The Balaban J connectivity index is 1.41. The summed E-state index contributed by atoms with van der Waals surface area (Å²) >= 11 is 6.90. The molecule has 1 atom stereocenters. The zero-order valence-electron chi connectivity index (χ0n) is 17.8. The molecular weight excluding hydrogens is 474 g/mol. The van der Waals surface area contributed by atoms with Gasteiger partial charge < -0.3 is 14.5 Å². The van der Waals surface area contributed by atoms with Crippen molar-refractivity contribution < 1.29 is 22.7 Å². The average molecular weight is 498 g/mol. The highest BCUT2D eigenvalue weighted by Crippen LogP contribution is 2.35. The maximum atomic E-state index is 13.1. The number of sulfonamides is 1. The van der Waals surface area contributed by atoms with E-state index in [-0.39, 0.29) is 55.2 Å². The van der Waals surface area contributed by atoms with E-state index in [1.807, 2.05) is 25.1 Å². The van der Waals surface area contributed by atoms with Gasteiger partial charge in [-0.25, -0.2) is 8.42 Å². The summed E-state index contributed by atoms with van der Waals surface area (Å²) < 4.78 is 32.9. The van der Waals surface area contributed by atoms with Crippen molar-refractivity contribution in [2.24, 2.45) is 5.92 Å². The largest absolute Gasteiger partial charge is 0.495 e. The molecule has 4 rings (SSSR count). The number of carbonyl (C=O) groups excluding carboxylic acids is 2. The van der Waals surface area contributed by atoms with E-state index in [2.05, 4.69) is 0 Å². The van der Waals surface area contributed by atoms with Crippen LogP contribution in [0.25, 0.3) is 0 Å². The first-order chi connectivity index (χ1) is 15.2. The fraction of sp³-hybridized carbons (Fsp3) is 0.429. The Labute approximate surface area is 196 Å². The lowest BCUT2D eigenvalue weighted by molar-refractivity contribution is -0.136. The monoisotopic (exact) mass is 497 g/mol. The standard InChI is InChI=1S/C21H24ClN3O5S2/c1-14-3-4-17(30-2)16(11-14)25-13-15(12-19(25)26)21(27)23-7-9-24(10-8-23)32(28,29)20-6-5-18(22)31-20/h3-6,11,15H,7-10,12-13H2,1-2H3. The number of carbonyl (C=O) groups is 2. The van der Waals surface area contributed by atoms with Crippen LogP contribution in [-0.4, -0.2) is 69.3 Å². The van der Waals surface area contributed by atoms with Gasteiger partial charge in [0.05, 0.1) is 23.1 Å². The lowest BCUT2D eigenvalue weighted by Gasteiger charge is -2.35. The number of benzene rings is 1. The topological polar surface area (TPSA) is 87.2 Å². The molecule has 1 unspecified atom stereocenters. The highest BCUT2D eigenvalue weighted by molar-refractivity contribution is 7.91. The van der Waals surface area contributed by atoms with E-state index in [1.54, 1.807) is 23.0 Å². The normalized spacial score (nSPS) is 20.1. The van der Waals surface area contributed by atoms with Gasteiger partial charge in [0.25, 0.3) is 10.0 Å². The molecular formula is C21H24ClN3O5S2. The van der Waals surface area contributed by atoms with Gasteiger partial charge in [-0.1, -0.05) is 17.7 Å². The molecule has 32 heavy (non-hydrogen) atoms. The second kappa shape index (κ2) is 9.01. The zero-order chi connectivity index (χ0) is 23.0. The van der Waals surface area contributed by atoms with Crippen molar-refractivity contribution >= 4 is 50.5 Å². The van der Waals surface area contributed by atoms with Crippen LogP contribution in [0, 0.1) is 12.8 Å². The molecule has 0 radical (unpaired) electrons. The number of ether oxygens (including phenoxy) is 1. The van der Waals surface area contributed by atoms with Crippen LogP contribution in [-0.2, 0) is 19.6 Å². The van der Waals surface area contributed by atoms with Crippen molar-refractivity contribution in [3.05, 3.63) is 40.2 Å². The quantitative estimate of drug-likeness (QED) is 0.633. The van der Waals surface area contributed by atoms with Crippen molar-refractivity contribution in [2.45, 2.75) is 17.6 Å². The van der Waals surface area contributed by atoms with Crippen molar-refractivity contribution in [1.82, 2.24) is 9.21 Å². The number of hydrogen-bond acceptors (Lipinski definition) is 6. The van der Waals surface area contributed by atoms with Crippen LogP contribution in [0.2, 0.25) is 4.34 Å². The van der Waals surface area contributed by atoms with E-state index in [0.29, 0.717) is 15.8 Å². The van der Waals surface area contributed by atoms with Crippen LogP contribution in [0.15, 0.2) is 34.5 Å². The van der Waals surface area contributed by atoms with E-state index in [9.17, 15) is 18.0 Å². The van der Waals surface area contributed by atoms with Gasteiger partial charge in [0.1, 0.15) is 9.96 Å². The summed E-state index contributed by atoms with van der Waals surface area (Å²) in [5.41, 5.74) is 1.66. The van der Waals surface area contributed by atoms with Crippen LogP contribution < -0.4 is 9.64 Å². The minimum absolute atomic E-state index is 0.122. The van der Waals surface area contributed by atoms with Crippen LogP contribution in [0.1, 0.15) is 12.0 Å². The van der Waals surface area contributed by atoms with Crippen LogP contribution in [0.5, 0.6) is 5.75 Å². The third-order valence-corrected chi connectivity index (χ3v) is 9.39. The fourth-order valence-electron chi connectivity index (χ4n) is 4.09. The predicted octanol–water partition coefficient (Wildman–Crippen LogP) is 2.60. The maximum Gasteiger partial charge on any atom is 0.252 e. The average Bonchev–Trinajstić information content (AvgIpc) is 3.39. The first-order valence-electron chi connectivity index (χ1n) is 10.2. The lowest BCUT2D eigenvalue weighted by atomic mass is 10.1. The molecule has 0 N–H and O–H groups in total. The minimum atomic E-state index is -3.62. The molecule has 8 nitrogen and oxygen atoms in total. The first kappa shape index (κ1) is 23.0. The van der Waals surface area contributed by atoms with E-state index in [1.165, 1.54) is 10.4 Å². The van der Waals surface area contributed by atoms with E-state index in [0.717, 1.165) is 16.9 Å². The number of amides is 2. The number of rotatable bonds is 5. The Kier molecular flexibility index (Phi) is 6.49. The number of hydrogen-bond donors (Lipinski definition) is 0. The summed E-state index contributed by atoms with van der Waals surface area (Å²) in [4.78, 5) is 29.1. The zero-order valence-corrected chi connectivity index (χ0v) is 20.2. The van der Waals surface area contributed by atoms with Crippen molar-refractivity contribution in [2.75, 3.05) is 44.7 Å². The van der Waals surface area contributed by atoms with Crippen molar-refractivity contribution in [3.63, 3.8) is 0 Å². The number of halogens is 1. The molecule has 0 saturated carbocycles. The summed E-state index contributed by atoms with van der Waals surface area (Å²) in [6.45, 7) is 3.21. The van der Waals surface area contributed by atoms with Crippen LogP contribution in [0.3, 0.4) is 0 Å². The van der Waals surface area contributed by atoms with Gasteiger partial charge >= 0.3 is 0 Å². The third-order valence-electron chi connectivity index (χ3n) is 5.79. The maximum absolute atomic E-state index is 13.1. The lowest BCUT2D eigenvalue weighted by Crippen LogP contribution is -2.52. The second-order valence-corrected chi connectivity index (χ2v) is 11.7. The fourth-order valence-corrected chi connectivity index (χ4v) is 7.15. The number of piperazine rings is 1. The highest BCUT2D eigenvalue weighted by Gasteiger charge is 2.40. The molecule has 2 saturated heterocycles. The molecule has 2 aliphatic rings. The van der Waals surface area contributed by atoms with Gasteiger partial charge in [-0.15, -0.1) is 11.3 Å². The number of anilines is 1. The van der Waals surface area contributed by atoms with Crippen molar-refractivity contribution in [3.8, 4) is 5.75 Å². The molecule has 172 valence electrons. The number of methoxy groups -OCH3 is 1. The molecule has 0 spiro atoms. The Morgan fingerprint density at radius 1 is 1.16 bits per heavy atom. The van der Waals surface area contributed by atoms with Crippen LogP contribution >= 0.6 is 22.9 Å². The molecule has 1 aromatic carbocycles. The molecule has 2 amide bonds. The molecule has 0 bridgehead atoms. The molecule has 0 aliphatic carbocycles. The number of aryl methyl sites for hydroxylation is 1. The Bertz CT molecular complexity index is 1140. The Morgan fingerprint density at radius 3 is 2.50 bits per heavy atom. The Morgan fingerprint density at radius 2 is 1.88 bits per heavy atom. The Hall–Kier alpha value is -2.14. The summed E-state index contributed by atoms with van der Waals surface area (Å²) in [6.07, 6.45) is 0.127. The molecule has 2 aromatic rings.